The topological polar surface area (TPSA) is 70.7 Å². The fraction of sp³-hybridized carbons (Fsp3) is 0.0909. The van der Waals surface area contributed by atoms with Crippen molar-refractivity contribution >= 4 is 17.0 Å². The van der Waals surface area contributed by atoms with Crippen LogP contribution < -0.4 is 11.2 Å². The normalized spacial score (nSPS) is 14.0. The van der Waals surface area contributed by atoms with Gasteiger partial charge in [-0.05, 0) is 6.08 Å². The summed E-state index contributed by atoms with van der Waals surface area (Å²) in [5.41, 5.74) is 0.616. The molecule has 0 unspecified atom stereocenters. The van der Waals surface area contributed by atoms with Crippen LogP contribution in [-0.2, 0) is 6.54 Å². The van der Waals surface area contributed by atoms with E-state index in [1.54, 1.807) is 6.20 Å². The van der Waals surface area contributed by atoms with Crippen molar-refractivity contribution in [2.45, 2.75) is 6.54 Å². The van der Waals surface area contributed by atoms with E-state index < -0.39 is 5.69 Å². The number of allylic oxidation sites excluding steroid dienone is 3. The van der Waals surface area contributed by atoms with E-state index in [1.165, 1.54) is 0 Å². The molecule has 0 bridgehead atoms. The van der Waals surface area contributed by atoms with Crippen LogP contribution in [0.15, 0.2) is 34.0 Å². The molecule has 3 rings (SSSR count). The van der Waals surface area contributed by atoms with Crippen LogP contribution in [0.2, 0.25) is 0 Å². The smallest absolute Gasteiger partial charge is 0.326 e. The van der Waals surface area contributed by atoms with Crippen molar-refractivity contribution in [3.05, 3.63) is 51.0 Å². The van der Waals surface area contributed by atoms with Gasteiger partial charge < -0.3 is 9.55 Å². The Labute approximate surface area is 89.7 Å². The molecule has 0 radical (unpaired) electrons. The van der Waals surface area contributed by atoms with Crippen molar-refractivity contribution in [1.29, 1.82) is 0 Å². The van der Waals surface area contributed by atoms with E-state index in [4.69, 9.17) is 0 Å². The number of H-pyrrole nitrogens is 2. The largest absolute Gasteiger partial charge is 0.342 e. The second kappa shape index (κ2) is 3.10. The van der Waals surface area contributed by atoms with Gasteiger partial charge in [-0.2, -0.15) is 0 Å². The molecule has 0 saturated carbocycles. The Kier molecular flexibility index (Phi) is 1.73. The standard InChI is InChI=1S/C11H9N3O2/c15-10-7-6-14-5-3-1-2-4-8(14)9(7)12-11(16)13-10/h1-4,6H,5H2,(H2,12,13,15,16). The van der Waals surface area contributed by atoms with Crippen molar-refractivity contribution in [3.63, 3.8) is 0 Å². The Hall–Kier alpha value is -2.30. The molecule has 0 fully saturated rings. The van der Waals surface area contributed by atoms with Gasteiger partial charge in [0.15, 0.2) is 0 Å². The lowest BCUT2D eigenvalue weighted by molar-refractivity contribution is 0.827. The van der Waals surface area contributed by atoms with Crippen molar-refractivity contribution in [2.24, 2.45) is 0 Å². The van der Waals surface area contributed by atoms with Gasteiger partial charge in [0.25, 0.3) is 5.56 Å². The molecule has 3 heterocycles. The maximum atomic E-state index is 11.6. The van der Waals surface area contributed by atoms with Crippen LogP contribution in [0.5, 0.6) is 0 Å². The van der Waals surface area contributed by atoms with Gasteiger partial charge in [-0.25, -0.2) is 4.79 Å². The second-order valence-corrected chi connectivity index (χ2v) is 3.65. The first-order valence-electron chi connectivity index (χ1n) is 4.94. The number of aromatic amines is 2. The molecule has 0 aliphatic carbocycles. The number of hydrogen-bond acceptors (Lipinski definition) is 2. The molecular formula is C11H9N3O2. The average molecular weight is 215 g/mol. The predicted octanol–water partition coefficient (Wildman–Crippen LogP) is 0.601. The van der Waals surface area contributed by atoms with Gasteiger partial charge in [-0.3, -0.25) is 9.78 Å². The summed E-state index contributed by atoms with van der Waals surface area (Å²) < 4.78 is 1.93. The Balaban J connectivity index is 2.49. The summed E-state index contributed by atoms with van der Waals surface area (Å²) in [5, 5.41) is 0.509. The fourth-order valence-corrected chi connectivity index (χ4v) is 1.92. The zero-order valence-electron chi connectivity index (χ0n) is 8.36. The zero-order chi connectivity index (χ0) is 11.1. The third kappa shape index (κ3) is 1.18. The summed E-state index contributed by atoms with van der Waals surface area (Å²) in [4.78, 5) is 27.7. The third-order valence-electron chi connectivity index (χ3n) is 2.63. The first-order chi connectivity index (χ1) is 7.75. The van der Waals surface area contributed by atoms with Gasteiger partial charge in [-0.15, -0.1) is 0 Å². The lowest BCUT2D eigenvalue weighted by atomic mass is 10.3. The SMILES string of the molecule is O=c1[nH]c(=O)c2cn3c(c2[nH]1)C=CC=CC3. The van der Waals surface area contributed by atoms with Crippen LogP contribution in [0.3, 0.4) is 0 Å². The second-order valence-electron chi connectivity index (χ2n) is 3.65. The highest BCUT2D eigenvalue weighted by Gasteiger charge is 2.10. The lowest BCUT2D eigenvalue weighted by Crippen LogP contribution is -2.21. The van der Waals surface area contributed by atoms with Crippen LogP contribution in [0.4, 0.5) is 0 Å². The Morgan fingerprint density at radius 1 is 1.19 bits per heavy atom. The van der Waals surface area contributed by atoms with E-state index >= 15 is 0 Å². The van der Waals surface area contributed by atoms with Crippen molar-refractivity contribution in [2.75, 3.05) is 0 Å². The monoisotopic (exact) mass is 215 g/mol. The van der Waals surface area contributed by atoms with Crippen molar-refractivity contribution < 1.29 is 0 Å². The summed E-state index contributed by atoms with van der Waals surface area (Å²) >= 11 is 0. The summed E-state index contributed by atoms with van der Waals surface area (Å²) in [6.07, 6.45) is 9.43. The molecule has 2 aromatic heterocycles. The van der Waals surface area contributed by atoms with Gasteiger partial charge in [-0.1, -0.05) is 18.2 Å². The molecule has 0 atom stereocenters. The molecule has 0 spiro atoms. The van der Waals surface area contributed by atoms with Gasteiger partial charge >= 0.3 is 5.69 Å². The zero-order valence-corrected chi connectivity index (χ0v) is 8.36. The number of aromatic nitrogens is 3. The first kappa shape index (κ1) is 8.96. The molecule has 0 saturated heterocycles. The summed E-state index contributed by atoms with van der Waals surface area (Å²) in [7, 11) is 0. The van der Waals surface area contributed by atoms with E-state index in [-0.39, 0.29) is 5.56 Å². The highest BCUT2D eigenvalue weighted by Crippen LogP contribution is 2.18. The molecule has 0 amide bonds. The van der Waals surface area contributed by atoms with Crippen LogP contribution >= 0.6 is 0 Å². The molecule has 2 N–H and O–H groups in total. The fourth-order valence-electron chi connectivity index (χ4n) is 1.92. The van der Waals surface area contributed by atoms with Gasteiger partial charge in [0.1, 0.15) is 0 Å². The van der Waals surface area contributed by atoms with E-state index in [9.17, 15) is 9.59 Å². The average Bonchev–Trinajstić information content (AvgIpc) is 2.46. The lowest BCUT2D eigenvalue weighted by Gasteiger charge is -1.99. The number of rotatable bonds is 0. The van der Waals surface area contributed by atoms with E-state index in [2.05, 4.69) is 9.97 Å². The Morgan fingerprint density at radius 2 is 2.06 bits per heavy atom. The van der Waals surface area contributed by atoms with E-state index in [0.717, 1.165) is 5.69 Å². The highest BCUT2D eigenvalue weighted by molar-refractivity contribution is 5.86. The molecular weight excluding hydrogens is 206 g/mol. The van der Waals surface area contributed by atoms with E-state index in [0.29, 0.717) is 17.4 Å². The number of fused-ring (bicyclic) bond motifs is 3. The number of nitrogens with one attached hydrogen (secondary N) is 2. The van der Waals surface area contributed by atoms with Crippen LogP contribution in [0.25, 0.3) is 17.0 Å². The predicted molar refractivity (Wildman–Crippen MR) is 61.4 cm³/mol. The van der Waals surface area contributed by atoms with Crippen molar-refractivity contribution in [1.82, 2.24) is 14.5 Å². The Bertz CT molecular complexity index is 728. The minimum Gasteiger partial charge on any atom is -0.342 e. The van der Waals surface area contributed by atoms with Gasteiger partial charge in [0, 0.05) is 12.7 Å². The molecule has 16 heavy (non-hydrogen) atoms. The molecule has 5 heteroatoms. The maximum Gasteiger partial charge on any atom is 0.326 e. The molecule has 80 valence electrons. The van der Waals surface area contributed by atoms with Crippen LogP contribution in [-0.4, -0.2) is 14.5 Å². The molecule has 2 aromatic rings. The minimum absolute atomic E-state index is 0.350. The number of hydrogen-bond donors (Lipinski definition) is 2. The van der Waals surface area contributed by atoms with Gasteiger partial charge in [0.2, 0.25) is 0 Å². The summed E-state index contributed by atoms with van der Waals surface area (Å²) in [5.74, 6) is 0. The summed E-state index contributed by atoms with van der Waals surface area (Å²) in [6.45, 7) is 0.693. The molecule has 1 aliphatic heterocycles. The Morgan fingerprint density at radius 3 is 2.94 bits per heavy atom. The van der Waals surface area contributed by atoms with Crippen molar-refractivity contribution in [3.8, 4) is 0 Å². The molecule has 1 aliphatic rings. The maximum absolute atomic E-state index is 11.6. The quantitative estimate of drug-likeness (QED) is 0.675. The molecule has 5 nitrogen and oxygen atoms in total. The van der Waals surface area contributed by atoms with Crippen LogP contribution in [0, 0.1) is 0 Å². The van der Waals surface area contributed by atoms with Gasteiger partial charge in [0.05, 0.1) is 16.6 Å². The highest BCUT2D eigenvalue weighted by atomic mass is 16.2. The minimum atomic E-state index is -0.475. The van der Waals surface area contributed by atoms with E-state index in [1.807, 2.05) is 28.9 Å². The molecule has 0 aromatic carbocycles. The first-order valence-corrected chi connectivity index (χ1v) is 4.94. The number of nitrogens with zero attached hydrogens (tertiary/aromatic N) is 1. The summed E-state index contributed by atoms with van der Waals surface area (Å²) in [6, 6.07) is 0. The van der Waals surface area contributed by atoms with Crippen LogP contribution in [0.1, 0.15) is 5.69 Å². The third-order valence-corrected chi connectivity index (χ3v) is 2.63.